The first kappa shape index (κ1) is 14.9. The Morgan fingerprint density at radius 2 is 1.88 bits per heavy atom. The number of hydrogen-bond acceptors (Lipinski definition) is 3. The van der Waals surface area contributed by atoms with Gasteiger partial charge in [0, 0.05) is 27.6 Å². The van der Waals surface area contributed by atoms with E-state index in [1.54, 1.807) is 12.3 Å². The van der Waals surface area contributed by atoms with Crippen LogP contribution in [0.25, 0.3) is 27.5 Å². The fourth-order valence-electron chi connectivity index (χ4n) is 3.05. The Kier molecular flexibility index (Phi) is 3.58. The molecule has 0 spiro atoms. The van der Waals surface area contributed by atoms with Crippen LogP contribution in [0.15, 0.2) is 65.4 Å². The summed E-state index contributed by atoms with van der Waals surface area (Å²) in [7, 11) is 1.39. The van der Waals surface area contributed by atoms with Gasteiger partial charge in [0.2, 0.25) is 0 Å². The maximum atomic E-state index is 12.2. The van der Waals surface area contributed by atoms with Crippen LogP contribution in [0.2, 0.25) is 0 Å². The SMILES string of the molecule is COC(=O)c1ccccc1-n1c2ccncc2c2cc(Br)ccc21. The van der Waals surface area contributed by atoms with Crippen molar-refractivity contribution in [3.63, 3.8) is 0 Å². The number of rotatable bonds is 2. The van der Waals surface area contributed by atoms with Crippen LogP contribution in [0.5, 0.6) is 0 Å². The molecule has 2 aromatic carbocycles. The number of methoxy groups -OCH3 is 1. The lowest BCUT2D eigenvalue weighted by Crippen LogP contribution is -2.07. The number of aromatic nitrogens is 2. The summed E-state index contributed by atoms with van der Waals surface area (Å²) in [6, 6.07) is 15.5. The second kappa shape index (κ2) is 5.76. The third-order valence-electron chi connectivity index (χ3n) is 4.08. The van der Waals surface area contributed by atoms with Gasteiger partial charge in [-0.25, -0.2) is 4.79 Å². The second-order valence-electron chi connectivity index (χ2n) is 5.40. The molecule has 4 nitrogen and oxygen atoms in total. The highest BCUT2D eigenvalue weighted by Gasteiger charge is 2.18. The number of fused-ring (bicyclic) bond motifs is 3. The van der Waals surface area contributed by atoms with Gasteiger partial charge in [-0.05, 0) is 36.4 Å². The van der Waals surface area contributed by atoms with Crippen LogP contribution in [0.4, 0.5) is 0 Å². The van der Waals surface area contributed by atoms with Gasteiger partial charge in [0.25, 0.3) is 0 Å². The van der Waals surface area contributed by atoms with Crippen LogP contribution in [0, 0.1) is 0 Å². The molecule has 0 unspecified atom stereocenters. The molecule has 24 heavy (non-hydrogen) atoms. The van der Waals surface area contributed by atoms with Crippen LogP contribution in [-0.2, 0) is 4.74 Å². The van der Waals surface area contributed by atoms with Crippen molar-refractivity contribution in [1.82, 2.24) is 9.55 Å². The lowest BCUT2D eigenvalue weighted by atomic mass is 10.1. The molecule has 0 aliphatic rings. The summed E-state index contributed by atoms with van der Waals surface area (Å²) in [4.78, 5) is 16.5. The van der Waals surface area contributed by atoms with E-state index < -0.39 is 0 Å². The van der Waals surface area contributed by atoms with Gasteiger partial charge in [-0.15, -0.1) is 0 Å². The Bertz CT molecular complexity index is 1090. The highest BCUT2D eigenvalue weighted by Crippen LogP contribution is 2.34. The number of para-hydroxylation sites is 1. The normalized spacial score (nSPS) is 11.1. The first-order chi connectivity index (χ1) is 11.7. The summed E-state index contributed by atoms with van der Waals surface area (Å²) in [5.74, 6) is -0.355. The van der Waals surface area contributed by atoms with Crippen molar-refractivity contribution in [3.8, 4) is 5.69 Å². The van der Waals surface area contributed by atoms with Gasteiger partial charge in [0.15, 0.2) is 0 Å². The summed E-state index contributed by atoms with van der Waals surface area (Å²) < 4.78 is 8.02. The van der Waals surface area contributed by atoms with Gasteiger partial charge in [-0.3, -0.25) is 4.98 Å². The number of carbonyl (C=O) groups is 1. The van der Waals surface area contributed by atoms with Gasteiger partial charge >= 0.3 is 5.97 Å². The first-order valence-electron chi connectivity index (χ1n) is 7.42. The van der Waals surface area contributed by atoms with Crippen LogP contribution >= 0.6 is 15.9 Å². The largest absolute Gasteiger partial charge is 0.465 e. The molecule has 4 rings (SSSR count). The topological polar surface area (TPSA) is 44.1 Å². The fraction of sp³-hybridized carbons (Fsp3) is 0.0526. The van der Waals surface area contributed by atoms with Crippen LogP contribution in [0.1, 0.15) is 10.4 Å². The summed E-state index contributed by atoms with van der Waals surface area (Å²) in [6.07, 6.45) is 3.61. The number of carbonyl (C=O) groups excluding carboxylic acids is 1. The molecule has 0 aliphatic carbocycles. The lowest BCUT2D eigenvalue weighted by Gasteiger charge is -2.12. The van der Waals surface area contributed by atoms with Gasteiger partial charge in [0.05, 0.1) is 29.4 Å². The Labute approximate surface area is 146 Å². The lowest BCUT2D eigenvalue weighted by molar-refractivity contribution is 0.0601. The quantitative estimate of drug-likeness (QED) is 0.472. The molecule has 5 heteroatoms. The smallest absolute Gasteiger partial charge is 0.339 e. The molecule has 118 valence electrons. The average molecular weight is 381 g/mol. The number of esters is 1. The van der Waals surface area contributed by atoms with Crippen molar-refractivity contribution in [2.45, 2.75) is 0 Å². The summed E-state index contributed by atoms with van der Waals surface area (Å²) in [6.45, 7) is 0. The molecule has 0 saturated carbocycles. The number of benzene rings is 2. The fourth-order valence-corrected chi connectivity index (χ4v) is 3.41. The van der Waals surface area contributed by atoms with Crippen molar-refractivity contribution in [3.05, 3.63) is 71.0 Å². The first-order valence-corrected chi connectivity index (χ1v) is 8.21. The number of nitrogens with zero attached hydrogens (tertiary/aromatic N) is 2. The molecule has 0 atom stereocenters. The highest BCUT2D eigenvalue weighted by molar-refractivity contribution is 9.10. The molecule has 0 radical (unpaired) electrons. The average Bonchev–Trinajstić information content (AvgIpc) is 2.94. The molecule has 0 amide bonds. The van der Waals surface area contributed by atoms with E-state index >= 15 is 0 Å². The van der Waals surface area contributed by atoms with Gasteiger partial charge in [0.1, 0.15) is 0 Å². The van der Waals surface area contributed by atoms with E-state index in [1.807, 2.05) is 42.6 Å². The van der Waals surface area contributed by atoms with Gasteiger partial charge < -0.3 is 9.30 Å². The molecule has 2 aromatic heterocycles. The highest BCUT2D eigenvalue weighted by atomic mass is 79.9. The van der Waals surface area contributed by atoms with Crippen molar-refractivity contribution < 1.29 is 9.53 Å². The van der Waals surface area contributed by atoms with E-state index in [4.69, 9.17) is 4.74 Å². The third kappa shape index (κ3) is 2.20. The zero-order chi connectivity index (χ0) is 16.7. The van der Waals surface area contributed by atoms with E-state index in [-0.39, 0.29) is 5.97 Å². The van der Waals surface area contributed by atoms with Crippen LogP contribution < -0.4 is 0 Å². The van der Waals surface area contributed by atoms with E-state index in [2.05, 4.69) is 31.5 Å². The predicted octanol–water partition coefficient (Wildman–Crippen LogP) is 4.73. The molecule has 4 aromatic rings. The third-order valence-corrected chi connectivity index (χ3v) is 4.57. The number of pyridine rings is 1. The van der Waals surface area contributed by atoms with Gasteiger partial charge in [-0.1, -0.05) is 28.1 Å². The molecular weight excluding hydrogens is 368 g/mol. The van der Waals surface area contributed by atoms with Crippen molar-refractivity contribution in [1.29, 1.82) is 0 Å². The summed E-state index contributed by atoms with van der Waals surface area (Å²) in [5.41, 5.74) is 3.32. The maximum absolute atomic E-state index is 12.2. The Morgan fingerprint density at radius 1 is 1.08 bits per heavy atom. The van der Waals surface area contributed by atoms with Crippen LogP contribution in [0.3, 0.4) is 0 Å². The monoisotopic (exact) mass is 380 g/mol. The zero-order valence-corrected chi connectivity index (χ0v) is 14.4. The minimum atomic E-state index is -0.355. The number of halogens is 1. The maximum Gasteiger partial charge on any atom is 0.339 e. The Hall–Kier alpha value is -2.66. The van der Waals surface area contributed by atoms with E-state index in [0.29, 0.717) is 5.56 Å². The number of ether oxygens (including phenoxy) is 1. The molecule has 0 aliphatic heterocycles. The predicted molar refractivity (Wildman–Crippen MR) is 97.6 cm³/mol. The van der Waals surface area contributed by atoms with Crippen molar-refractivity contribution >= 4 is 43.7 Å². The van der Waals surface area contributed by atoms with E-state index in [0.717, 1.165) is 32.0 Å². The number of hydrogen-bond donors (Lipinski definition) is 0. The molecule has 0 N–H and O–H groups in total. The van der Waals surface area contributed by atoms with Crippen molar-refractivity contribution in [2.24, 2.45) is 0 Å². The Morgan fingerprint density at radius 3 is 2.71 bits per heavy atom. The molecule has 0 bridgehead atoms. The summed E-state index contributed by atoms with van der Waals surface area (Å²) in [5, 5.41) is 2.11. The van der Waals surface area contributed by atoms with Crippen LogP contribution in [-0.4, -0.2) is 22.6 Å². The zero-order valence-electron chi connectivity index (χ0n) is 12.9. The summed E-state index contributed by atoms with van der Waals surface area (Å²) >= 11 is 3.53. The van der Waals surface area contributed by atoms with Gasteiger partial charge in [-0.2, -0.15) is 0 Å². The molecular formula is C19H13BrN2O2. The Balaban J connectivity index is 2.16. The minimum Gasteiger partial charge on any atom is -0.465 e. The van der Waals surface area contributed by atoms with E-state index in [9.17, 15) is 4.79 Å². The molecule has 0 saturated heterocycles. The molecule has 2 heterocycles. The second-order valence-corrected chi connectivity index (χ2v) is 6.31. The van der Waals surface area contributed by atoms with E-state index in [1.165, 1.54) is 7.11 Å². The van der Waals surface area contributed by atoms with Crippen molar-refractivity contribution in [2.75, 3.05) is 7.11 Å². The molecule has 0 fully saturated rings. The standard InChI is InChI=1S/C19H13BrN2O2/c1-24-19(23)13-4-2-3-5-16(13)22-17-7-6-12(20)10-14(17)15-11-21-9-8-18(15)22/h2-11H,1H3. The minimum absolute atomic E-state index is 0.355.